The largest absolute Gasteiger partial charge is 0.496 e. The monoisotopic (exact) mass is 293 g/mol. The standard InChI is InChI=1S/C17H27NO3/c1-12-11-18-14(13(2)16(12)20-3)10-15(19)17(21-4)8-6-5-7-9-17/h11,15,19H,5-10H2,1-4H3. The van der Waals surface area contributed by atoms with Crippen molar-refractivity contribution >= 4 is 0 Å². The molecule has 0 bridgehead atoms. The highest BCUT2D eigenvalue weighted by molar-refractivity contribution is 5.41. The number of ether oxygens (including phenoxy) is 2. The molecule has 1 aromatic rings. The highest BCUT2D eigenvalue weighted by Gasteiger charge is 2.39. The Labute approximate surface area is 127 Å². The maximum absolute atomic E-state index is 10.7. The SMILES string of the molecule is COc1c(C)cnc(CC(O)C2(OC)CCCCC2)c1C. The lowest BCUT2D eigenvalue weighted by Crippen LogP contribution is -2.47. The van der Waals surface area contributed by atoms with Gasteiger partial charge in [0.05, 0.1) is 18.8 Å². The van der Waals surface area contributed by atoms with Gasteiger partial charge in [-0.2, -0.15) is 0 Å². The predicted molar refractivity (Wildman–Crippen MR) is 82.8 cm³/mol. The third kappa shape index (κ3) is 3.22. The van der Waals surface area contributed by atoms with Crippen LogP contribution in [0.2, 0.25) is 0 Å². The number of aryl methyl sites for hydroxylation is 1. The van der Waals surface area contributed by atoms with Crippen molar-refractivity contribution in [2.24, 2.45) is 0 Å². The topological polar surface area (TPSA) is 51.6 Å². The van der Waals surface area contributed by atoms with E-state index in [-0.39, 0.29) is 0 Å². The summed E-state index contributed by atoms with van der Waals surface area (Å²) < 4.78 is 11.2. The fraction of sp³-hybridized carbons (Fsp3) is 0.706. The average Bonchev–Trinajstić information content (AvgIpc) is 2.51. The van der Waals surface area contributed by atoms with Crippen molar-refractivity contribution in [1.29, 1.82) is 0 Å². The fourth-order valence-corrected chi connectivity index (χ4v) is 3.47. The lowest BCUT2D eigenvalue weighted by molar-refractivity contribution is -0.122. The summed E-state index contributed by atoms with van der Waals surface area (Å²) in [5.74, 6) is 0.863. The number of rotatable bonds is 5. The molecule has 1 saturated carbocycles. The number of hydrogen-bond donors (Lipinski definition) is 1. The first-order chi connectivity index (χ1) is 10.0. The average molecular weight is 293 g/mol. The first-order valence-corrected chi connectivity index (χ1v) is 7.76. The van der Waals surface area contributed by atoms with E-state index in [4.69, 9.17) is 9.47 Å². The van der Waals surface area contributed by atoms with Gasteiger partial charge in [-0.1, -0.05) is 19.3 Å². The Morgan fingerprint density at radius 1 is 1.24 bits per heavy atom. The van der Waals surface area contributed by atoms with Crippen LogP contribution in [0.5, 0.6) is 5.75 Å². The molecule has 1 fully saturated rings. The van der Waals surface area contributed by atoms with Gasteiger partial charge >= 0.3 is 0 Å². The Morgan fingerprint density at radius 3 is 2.48 bits per heavy atom. The Hall–Kier alpha value is -1.13. The van der Waals surface area contributed by atoms with E-state index in [9.17, 15) is 5.11 Å². The van der Waals surface area contributed by atoms with Crippen LogP contribution in [-0.2, 0) is 11.2 Å². The van der Waals surface area contributed by atoms with Crippen LogP contribution >= 0.6 is 0 Å². The van der Waals surface area contributed by atoms with Crippen molar-refractivity contribution in [2.45, 2.75) is 64.1 Å². The Bertz CT molecular complexity index is 481. The van der Waals surface area contributed by atoms with Gasteiger partial charge in [-0.25, -0.2) is 0 Å². The number of aromatic nitrogens is 1. The van der Waals surface area contributed by atoms with Gasteiger partial charge in [0, 0.05) is 36.5 Å². The maximum Gasteiger partial charge on any atom is 0.128 e. The third-order valence-corrected chi connectivity index (χ3v) is 4.85. The van der Waals surface area contributed by atoms with Crippen molar-refractivity contribution in [3.05, 3.63) is 23.0 Å². The van der Waals surface area contributed by atoms with Gasteiger partial charge in [-0.05, 0) is 26.7 Å². The summed E-state index contributed by atoms with van der Waals surface area (Å²) in [4.78, 5) is 4.49. The van der Waals surface area contributed by atoms with Crippen LogP contribution in [0.3, 0.4) is 0 Å². The molecule has 1 aromatic heterocycles. The molecular weight excluding hydrogens is 266 g/mol. The van der Waals surface area contributed by atoms with Gasteiger partial charge in [-0.15, -0.1) is 0 Å². The fourth-order valence-electron chi connectivity index (χ4n) is 3.47. The van der Waals surface area contributed by atoms with E-state index in [2.05, 4.69) is 4.98 Å². The van der Waals surface area contributed by atoms with E-state index < -0.39 is 11.7 Å². The molecule has 1 heterocycles. The van der Waals surface area contributed by atoms with Gasteiger partial charge in [0.15, 0.2) is 0 Å². The molecule has 0 aromatic carbocycles. The first-order valence-electron chi connectivity index (χ1n) is 7.76. The summed E-state index contributed by atoms with van der Waals surface area (Å²) >= 11 is 0. The zero-order valence-corrected chi connectivity index (χ0v) is 13.6. The summed E-state index contributed by atoms with van der Waals surface area (Å²) in [6.45, 7) is 3.98. The van der Waals surface area contributed by atoms with E-state index in [1.54, 1.807) is 14.2 Å². The number of aliphatic hydroxyl groups excluding tert-OH is 1. The molecule has 0 spiro atoms. The Morgan fingerprint density at radius 2 is 1.90 bits per heavy atom. The molecule has 1 aliphatic carbocycles. The van der Waals surface area contributed by atoms with Crippen LogP contribution in [0.1, 0.15) is 48.9 Å². The number of nitrogens with zero attached hydrogens (tertiary/aromatic N) is 1. The molecule has 21 heavy (non-hydrogen) atoms. The first kappa shape index (κ1) is 16.2. The summed E-state index contributed by atoms with van der Waals surface area (Å²) in [5.41, 5.74) is 2.52. The molecule has 1 atom stereocenters. The molecule has 1 N–H and O–H groups in total. The summed E-state index contributed by atoms with van der Waals surface area (Å²) in [7, 11) is 3.39. The van der Waals surface area contributed by atoms with E-state index >= 15 is 0 Å². The van der Waals surface area contributed by atoms with Gasteiger partial charge in [0.1, 0.15) is 5.75 Å². The van der Waals surface area contributed by atoms with Crippen LogP contribution in [-0.4, -0.2) is 36.0 Å². The Balaban J connectivity index is 2.20. The molecule has 0 aliphatic heterocycles. The van der Waals surface area contributed by atoms with E-state index in [1.165, 1.54) is 6.42 Å². The van der Waals surface area contributed by atoms with Crippen LogP contribution in [0, 0.1) is 13.8 Å². The second-order valence-corrected chi connectivity index (χ2v) is 6.10. The summed E-state index contributed by atoms with van der Waals surface area (Å²) in [5, 5.41) is 10.7. The zero-order valence-electron chi connectivity index (χ0n) is 13.6. The van der Waals surface area contributed by atoms with Crippen molar-refractivity contribution in [3.63, 3.8) is 0 Å². The lowest BCUT2D eigenvalue weighted by Gasteiger charge is -2.40. The predicted octanol–water partition coefficient (Wildman–Crippen LogP) is 2.96. The minimum absolute atomic E-state index is 0.412. The molecule has 0 saturated heterocycles. The molecule has 2 rings (SSSR count). The quantitative estimate of drug-likeness (QED) is 0.907. The van der Waals surface area contributed by atoms with Gasteiger partial charge in [0.2, 0.25) is 0 Å². The van der Waals surface area contributed by atoms with E-state index in [0.29, 0.717) is 6.42 Å². The van der Waals surface area contributed by atoms with Gasteiger partial charge < -0.3 is 14.6 Å². The molecule has 0 amide bonds. The minimum Gasteiger partial charge on any atom is -0.496 e. The third-order valence-electron chi connectivity index (χ3n) is 4.85. The second kappa shape index (κ2) is 6.75. The lowest BCUT2D eigenvalue weighted by atomic mass is 9.79. The molecule has 1 unspecified atom stereocenters. The number of hydrogen-bond acceptors (Lipinski definition) is 4. The highest BCUT2D eigenvalue weighted by atomic mass is 16.5. The van der Waals surface area contributed by atoms with Gasteiger partial charge in [-0.3, -0.25) is 4.98 Å². The normalized spacial score (nSPS) is 19.3. The summed E-state index contributed by atoms with van der Waals surface area (Å²) in [6.07, 6.45) is 7.11. The molecule has 4 nitrogen and oxygen atoms in total. The van der Waals surface area contributed by atoms with Gasteiger partial charge in [0.25, 0.3) is 0 Å². The van der Waals surface area contributed by atoms with Crippen molar-refractivity contribution in [2.75, 3.05) is 14.2 Å². The minimum atomic E-state index is -0.526. The molecule has 118 valence electrons. The van der Waals surface area contributed by atoms with Crippen molar-refractivity contribution in [3.8, 4) is 5.75 Å². The smallest absolute Gasteiger partial charge is 0.128 e. The number of pyridine rings is 1. The Kier molecular flexibility index (Phi) is 5.22. The number of methoxy groups -OCH3 is 2. The second-order valence-electron chi connectivity index (χ2n) is 6.10. The van der Waals surface area contributed by atoms with Crippen LogP contribution in [0.15, 0.2) is 6.20 Å². The molecule has 1 aliphatic rings. The zero-order chi connectivity index (χ0) is 15.5. The highest BCUT2D eigenvalue weighted by Crippen LogP contribution is 2.36. The van der Waals surface area contributed by atoms with Crippen molar-refractivity contribution in [1.82, 2.24) is 4.98 Å². The number of aliphatic hydroxyl groups is 1. The van der Waals surface area contributed by atoms with Crippen LogP contribution in [0.4, 0.5) is 0 Å². The summed E-state index contributed by atoms with van der Waals surface area (Å²) in [6, 6.07) is 0. The van der Waals surface area contributed by atoms with Crippen LogP contribution < -0.4 is 4.74 Å². The molecule has 4 heteroatoms. The maximum atomic E-state index is 10.7. The molecular formula is C17H27NO3. The molecule has 0 radical (unpaired) electrons. The van der Waals surface area contributed by atoms with Crippen LogP contribution in [0.25, 0.3) is 0 Å². The van der Waals surface area contributed by atoms with E-state index in [1.807, 2.05) is 20.0 Å². The van der Waals surface area contributed by atoms with E-state index in [0.717, 1.165) is 48.3 Å². The van der Waals surface area contributed by atoms with Crippen molar-refractivity contribution < 1.29 is 14.6 Å².